The molecule has 0 spiro atoms. The summed E-state index contributed by atoms with van der Waals surface area (Å²) in [6, 6.07) is 7.81. The van der Waals surface area contributed by atoms with Gasteiger partial charge in [-0.15, -0.1) is 11.3 Å². The van der Waals surface area contributed by atoms with Crippen molar-refractivity contribution in [2.24, 2.45) is 0 Å². The zero-order valence-electron chi connectivity index (χ0n) is 9.16. The van der Waals surface area contributed by atoms with Crippen LogP contribution in [0.3, 0.4) is 0 Å². The van der Waals surface area contributed by atoms with Crippen molar-refractivity contribution in [3.8, 4) is 0 Å². The third-order valence-corrected chi connectivity index (χ3v) is 5.25. The number of thiophene rings is 1. The molecule has 0 N–H and O–H groups in total. The molecule has 0 aliphatic rings. The van der Waals surface area contributed by atoms with E-state index in [1.54, 1.807) is 17.4 Å². The fourth-order valence-electron chi connectivity index (χ4n) is 1.95. The zero-order chi connectivity index (χ0) is 12.7. The Balaban J connectivity index is 2.10. The van der Waals surface area contributed by atoms with Crippen molar-refractivity contribution in [1.29, 1.82) is 0 Å². The number of benzene rings is 1. The summed E-state index contributed by atoms with van der Waals surface area (Å²) >= 11 is 17.5. The van der Waals surface area contributed by atoms with Crippen LogP contribution in [0.1, 0.15) is 4.88 Å². The van der Waals surface area contributed by atoms with E-state index in [-0.39, 0.29) is 0 Å². The lowest BCUT2D eigenvalue weighted by atomic mass is 10.2. The Labute approximate surface area is 127 Å². The van der Waals surface area contributed by atoms with E-state index >= 15 is 0 Å². The average molecular weight is 361 g/mol. The standard InChI is InChI=1S/C13H8BrCl2NS/c14-10-2-4-18-13(10)7-17-3-1-9-11(16)5-8(15)6-12(9)17/h1-6H,7H2. The van der Waals surface area contributed by atoms with Gasteiger partial charge in [-0.05, 0) is 45.6 Å². The van der Waals surface area contributed by atoms with Crippen molar-refractivity contribution in [2.45, 2.75) is 6.54 Å². The minimum atomic E-state index is 0.665. The normalized spacial score (nSPS) is 11.3. The quantitative estimate of drug-likeness (QED) is 0.542. The first-order chi connectivity index (χ1) is 8.65. The molecular weight excluding hydrogens is 353 g/mol. The summed E-state index contributed by atoms with van der Waals surface area (Å²) in [5.74, 6) is 0. The molecule has 92 valence electrons. The Hall–Kier alpha value is -0.480. The SMILES string of the molecule is Clc1cc(Cl)c2ccn(Cc3sccc3Br)c2c1. The first-order valence-corrected chi connectivity index (χ1v) is 7.74. The molecule has 18 heavy (non-hydrogen) atoms. The lowest BCUT2D eigenvalue weighted by molar-refractivity contribution is 0.848. The maximum Gasteiger partial charge on any atom is 0.0580 e. The van der Waals surface area contributed by atoms with Crippen LogP contribution in [0, 0.1) is 0 Å². The van der Waals surface area contributed by atoms with Gasteiger partial charge in [0.25, 0.3) is 0 Å². The summed E-state index contributed by atoms with van der Waals surface area (Å²) in [5.41, 5.74) is 1.06. The molecule has 0 radical (unpaired) electrons. The van der Waals surface area contributed by atoms with E-state index in [0.717, 1.165) is 21.9 Å². The van der Waals surface area contributed by atoms with Gasteiger partial charge >= 0.3 is 0 Å². The van der Waals surface area contributed by atoms with Gasteiger partial charge in [0.05, 0.1) is 17.1 Å². The van der Waals surface area contributed by atoms with E-state index in [1.165, 1.54) is 4.88 Å². The van der Waals surface area contributed by atoms with Crippen molar-refractivity contribution in [2.75, 3.05) is 0 Å². The molecule has 0 atom stereocenters. The van der Waals surface area contributed by atoms with E-state index in [9.17, 15) is 0 Å². The minimum absolute atomic E-state index is 0.665. The number of nitrogens with zero attached hydrogens (tertiary/aromatic N) is 1. The summed E-state index contributed by atoms with van der Waals surface area (Å²) in [7, 11) is 0. The molecular formula is C13H8BrCl2NS. The van der Waals surface area contributed by atoms with Crippen LogP contribution >= 0.6 is 50.5 Å². The molecule has 2 aromatic heterocycles. The number of halogens is 3. The second-order valence-corrected chi connectivity index (χ2v) is 6.65. The number of hydrogen-bond donors (Lipinski definition) is 0. The predicted octanol–water partition coefficient (Wildman–Crippen LogP) is 5.82. The van der Waals surface area contributed by atoms with Crippen molar-refractivity contribution in [3.05, 3.63) is 55.2 Å². The van der Waals surface area contributed by atoms with Gasteiger partial charge in [0.1, 0.15) is 0 Å². The highest BCUT2D eigenvalue weighted by Crippen LogP contribution is 2.30. The van der Waals surface area contributed by atoms with E-state index < -0.39 is 0 Å². The van der Waals surface area contributed by atoms with Crippen LogP contribution in [0.15, 0.2) is 40.3 Å². The Kier molecular flexibility index (Phi) is 3.41. The topological polar surface area (TPSA) is 4.93 Å². The highest BCUT2D eigenvalue weighted by atomic mass is 79.9. The van der Waals surface area contributed by atoms with Gasteiger partial charge < -0.3 is 4.57 Å². The third kappa shape index (κ3) is 2.21. The average Bonchev–Trinajstić information content (AvgIpc) is 2.88. The molecule has 3 rings (SSSR count). The third-order valence-electron chi connectivity index (χ3n) is 2.81. The van der Waals surface area contributed by atoms with Crippen molar-refractivity contribution in [3.63, 3.8) is 0 Å². The van der Waals surface area contributed by atoms with Crippen molar-refractivity contribution in [1.82, 2.24) is 4.57 Å². The largest absolute Gasteiger partial charge is 0.342 e. The van der Waals surface area contributed by atoms with Gasteiger partial charge in [-0.2, -0.15) is 0 Å². The molecule has 2 heterocycles. The molecule has 1 aromatic carbocycles. The van der Waals surface area contributed by atoms with Crippen molar-refractivity contribution >= 4 is 61.4 Å². The molecule has 0 unspecified atom stereocenters. The number of aromatic nitrogens is 1. The maximum absolute atomic E-state index is 6.18. The van der Waals surface area contributed by atoms with Gasteiger partial charge in [0.2, 0.25) is 0 Å². The maximum atomic E-state index is 6.18. The van der Waals surface area contributed by atoms with Crippen LogP contribution in [0.2, 0.25) is 10.0 Å². The second-order valence-electron chi connectivity index (χ2n) is 3.96. The Morgan fingerprint density at radius 2 is 2.06 bits per heavy atom. The van der Waals surface area contributed by atoms with Gasteiger partial charge in [-0.3, -0.25) is 0 Å². The molecule has 3 aromatic rings. The van der Waals surface area contributed by atoms with Gasteiger partial charge in [0, 0.05) is 26.0 Å². The van der Waals surface area contributed by atoms with Crippen LogP contribution < -0.4 is 0 Å². The van der Waals surface area contributed by atoms with E-state index in [1.807, 2.05) is 18.3 Å². The highest BCUT2D eigenvalue weighted by Gasteiger charge is 2.08. The van der Waals surface area contributed by atoms with Crippen LogP contribution in [0.25, 0.3) is 10.9 Å². The van der Waals surface area contributed by atoms with E-state index in [2.05, 4.69) is 31.9 Å². The molecule has 0 amide bonds. The summed E-state index contributed by atoms with van der Waals surface area (Å²) < 4.78 is 3.30. The van der Waals surface area contributed by atoms with Crippen molar-refractivity contribution < 1.29 is 0 Å². The lowest BCUT2D eigenvalue weighted by Crippen LogP contribution is -1.96. The summed E-state index contributed by atoms with van der Waals surface area (Å²) in [6.07, 6.45) is 2.04. The number of hydrogen-bond acceptors (Lipinski definition) is 1. The fourth-order valence-corrected chi connectivity index (χ4v) is 3.97. The summed E-state index contributed by atoms with van der Waals surface area (Å²) in [6.45, 7) is 0.818. The lowest BCUT2D eigenvalue weighted by Gasteiger charge is -2.05. The first kappa shape index (κ1) is 12.5. The minimum Gasteiger partial charge on any atom is -0.342 e. The molecule has 1 nitrogen and oxygen atoms in total. The Bertz CT molecular complexity index is 717. The molecule has 0 saturated carbocycles. The highest BCUT2D eigenvalue weighted by molar-refractivity contribution is 9.10. The van der Waals surface area contributed by atoms with Gasteiger partial charge in [0.15, 0.2) is 0 Å². The zero-order valence-corrected chi connectivity index (χ0v) is 13.1. The Morgan fingerprint density at radius 3 is 2.78 bits per heavy atom. The van der Waals surface area contributed by atoms with Crippen LogP contribution in [0.4, 0.5) is 0 Å². The number of rotatable bonds is 2. The van der Waals surface area contributed by atoms with E-state index in [0.29, 0.717) is 10.0 Å². The molecule has 0 saturated heterocycles. The van der Waals surface area contributed by atoms with Gasteiger partial charge in [-0.1, -0.05) is 23.2 Å². The van der Waals surface area contributed by atoms with E-state index in [4.69, 9.17) is 23.2 Å². The predicted molar refractivity (Wildman–Crippen MR) is 83.1 cm³/mol. The molecule has 0 aliphatic heterocycles. The smallest absolute Gasteiger partial charge is 0.0580 e. The molecule has 0 fully saturated rings. The fraction of sp³-hybridized carbons (Fsp3) is 0.0769. The van der Waals surface area contributed by atoms with Gasteiger partial charge in [-0.25, -0.2) is 0 Å². The second kappa shape index (κ2) is 4.89. The molecule has 0 bridgehead atoms. The number of fused-ring (bicyclic) bond motifs is 1. The molecule has 5 heteroatoms. The Morgan fingerprint density at radius 1 is 1.22 bits per heavy atom. The van der Waals surface area contributed by atoms with Crippen LogP contribution in [-0.2, 0) is 6.54 Å². The monoisotopic (exact) mass is 359 g/mol. The summed E-state index contributed by atoms with van der Waals surface area (Å²) in [4.78, 5) is 1.28. The summed E-state index contributed by atoms with van der Waals surface area (Å²) in [5, 5.41) is 4.47. The first-order valence-electron chi connectivity index (χ1n) is 5.31. The van der Waals surface area contributed by atoms with Crippen LogP contribution in [0.5, 0.6) is 0 Å². The van der Waals surface area contributed by atoms with Crippen LogP contribution in [-0.4, -0.2) is 4.57 Å². The molecule has 0 aliphatic carbocycles.